The van der Waals surface area contributed by atoms with Gasteiger partial charge in [0.25, 0.3) is 11.8 Å². The van der Waals surface area contributed by atoms with E-state index in [-0.39, 0.29) is 18.1 Å². The van der Waals surface area contributed by atoms with Crippen molar-refractivity contribution in [1.29, 1.82) is 0 Å². The molecule has 0 unspecified atom stereocenters. The summed E-state index contributed by atoms with van der Waals surface area (Å²) in [4.78, 5) is 26.9. The van der Waals surface area contributed by atoms with Gasteiger partial charge in [-0.3, -0.25) is 4.79 Å². The Morgan fingerprint density at radius 2 is 1.92 bits per heavy atom. The number of likely N-dealkylation sites (tertiary alicyclic amines) is 1. The van der Waals surface area contributed by atoms with Crippen LogP contribution in [0.2, 0.25) is 0 Å². The number of aromatic nitrogens is 3. The fraction of sp³-hybridized carbons (Fsp3) is 0.417. The van der Waals surface area contributed by atoms with E-state index in [9.17, 15) is 26.7 Å². The van der Waals surface area contributed by atoms with Crippen molar-refractivity contribution in [3.63, 3.8) is 0 Å². The van der Waals surface area contributed by atoms with Crippen molar-refractivity contribution in [3.05, 3.63) is 58.6 Å². The third-order valence-corrected chi connectivity index (χ3v) is 7.11. The van der Waals surface area contributed by atoms with Crippen LogP contribution in [0.3, 0.4) is 0 Å². The number of aryl methyl sites for hydroxylation is 2. The molecule has 0 bridgehead atoms. The molecular formula is C24H24F5N5OS. The SMILES string of the molecule is Cc1nc(C(=O)N2CC(F)(F)C[C@@H](C)[C@H]2CNc2cnc(C(F)(F)F)cn2)c(-c2ccccc2C)s1. The minimum Gasteiger partial charge on any atom is -0.367 e. The van der Waals surface area contributed by atoms with Crippen LogP contribution in [-0.4, -0.2) is 50.8 Å². The predicted molar refractivity (Wildman–Crippen MR) is 126 cm³/mol. The Morgan fingerprint density at radius 1 is 1.19 bits per heavy atom. The van der Waals surface area contributed by atoms with Gasteiger partial charge < -0.3 is 10.2 Å². The highest BCUT2D eigenvalue weighted by Gasteiger charge is 2.47. The Hall–Kier alpha value is -3.15. The first kappa shape index (κ1) is 25.9. The van der Waals surface area contributed by atoms with E-state index in [1.807, 2.05) is 31.2 Å². The Labute approximate surface area is 208 Å². The van der Waals surface area contributed by atoms with Gasteiger partial charge in [-0.2, -0.15) is 13.2 Å². The summed E-state index contributed by atoms with van der Waals surface area (Å²) in [5, 5.41) is 3.48. The smallest absolute Gasteiger partial charge is 0.367 e. The van der Waals surface area contributed by atoms with E-state index in [0.717, 1.165) is 22.2 Å². The number of hydrogen-bond acceptors (Lipinski definition) is 6. The quantitative estimate of drug-likeness (QED) is 0.424. The number of alkyl halides is 5. The summed E-state index contributed by atoms with van der Waals surface area (Å²) >= 11 is 1.32. The topological polar surface area (TPSA) is 71.0 Å². The number of hydrogen-bond donors (Lipinski definition) is 1. The second kappa shape index (κ2) is 9.72. The number of benzene rings is 1. The van der Waals surface area contributed by atoms with Gasteiger partial charge in [0, 0.05) is 13.0 Å². The van der Waals surface area contributed by atoms with E-state index in [1.165, 1.54) is 11.3 Å². The van der Waals surface area contributed by atoms with Crippen LogP contribution < -0.4 is 5.32 Å². The van der Waals surface area contributed by atoms with Crippen molar-refractivity contribution in [2.75, 3.05) is 18.4 Å². The average molecular weight is 526 g/mol. The molecule has 0 radical (unpaired) electrons. The molecule has 1 amide bonds. The molecule has 3 heterocycles. The molecule has 4 rings (SSSR count). The van der Waals surface area contributed by atoms with E-state index >= 15 is 0 Å². The van der Waals surface area contributed by atoms with Crippen LogP contribution >= 0.6 is 11.3 Å². The largest absolute Gasteiger partial charge is 0.434 e. The second-order valence-corrected chi connectivity index (χ2v) is 10.1. The summed E-state index contributed by atoms with van der Waals surface area (Å²) in [5.41, 5.74) is 0.693. The van der Waals surface area contributed by atoms with Gasteiger partial charge in [0.1, 0.15) is 11.5 Å². The van der Waals surface area contributed by atoms with Gasteiger partial charge in [-0.15, -0.1) is 11.3 Å². The Morgan fingerprint density at radius 3 is 2.56 bits per heavy atom. The van der Waals surface area contributed by atoms with Gasteiger partial charge in [0.15, 0.2) is 5.69 Å². The molecule has 36 heavy (non-hydrogen) atoms. The molecule has 192 valence electrons. The van der Waals surface area contributed by atoms with Gasteiger partial charge >= 0.3 is 6.18 Å². The summed E-state index contributed by atoms with van der Waals surface area (Å²) in [7, 11) is 0. The molecule has 2 aromatic heterocycles. The molecule has 3 aromatic rings. The van der Waals surface area contributed by atoms with Gasteiger partial charge in [-0.1, -0.05) is 31.2 Å². The minimum atomic E-state index is -4.63. The van der Waals surface area contributed by atoms with Crippen LogP contribution in [0.5, 0.6) is 0 Å². The first-order valence-electron chi connectivity index (χ1n) is 11.2. The Kier molecular flexibility index (Phi) is 7.00. The third-order valence-electron chi connectivity index (χ3n) is 6.10. The molecule has 2 atom stereocenters. The number of amides is 1. The van der Waals surface area contributed by atoms with E-state index < -0.39 is 48.6 Å². The number of thiazole rings is 1. The Balaban J connectivity index is 1.62. The number of rotatable bonds is 5. The lowest BCUT2D eigenvalue weighted by atomic mass is 9.88. The van der Waals surface area contributed by atoms with Gasteiger partial charge in [-0.25, -0.2) is 23.7 Å². The summed E-state index contributed by atoms with van der Waals surface area (Å²) in [6.07, 6.45) is -3.53. The molecule has 1 fully saturated rings. The summed E-state index contributed by atoms with van der Waals surface area (Å²) in [5.74, 6) is -4.26. The summed E-state index contributed by atoms with van der Waals surface area (Å²) in [6, 6.07) is 6.78. The molecule has 0 saturated carbocycles. The molecule has 1 aliphatic heterocycles. The minimum absolute atomic E-state index is 0.00580. The van der Waals surface area contributed by atoms with E-state index in [0.29, 0.717) is 16.1 Å². The van der Waals surface area contributed by atoms with Crippen LogP contribution in [0.25, 0.3) is 10.4 Å². The molecule has 6 nitrogen and oxygen atoms in total. The van der Waals surface area contributed by atoms with Crippen LogP contribution in [0.15, 0.2) is 36.7 Å². The number of carbonyl (C=O) groups excluding carboxylic acids is 1. The van der Waals surface area contributed by atoms with Crippen molar-refractivity contribution >= 4 is 23.1 Å². The van der Waals surface area contributed by atoms with E-state index in [4.69, 9.17) is 0 Å². The van der Waals surface area contributed by atoms with E-state index in [2.05, 4.69) is 20.3 Å². The maximum absolute atomic E-state index is 14.6. The molecule has 1 aliphatic rings. The number of piperidine rings is 1. The molecule has 12 heteroatoms. The monoisotopic (exact) mass is 525 g/mol. The second-order valence-electron chi connectivity index (χ2n) is 8.93. The maximum atomic E-state index is 14.6. The van der Waals surface area contributed by atoms with Crippen molar-refractivity contribution in [2.24, 2.45) is 5.92 Å². The van der Waals surface area contributed by atoms with Crippen LogP contribution in [-0.2, 0) is 6.18 Å². The van der Waals surface area contributed by atoms with Crippen LogP contribution in [0.1, 0.15) is 40.1 Å². The van der Waals surface area contributed by atoms with Crippen LogP contribution in [0.4, 0.5) is 27.8 Å². The maximum Gasteiger partial charge on any atom is 0.434 e. The number of nitrogens with zero attached hydrogens (tertiary/aromatic N) is 4. The molecular weight excluding hydrogens is 501 g/mol. The van der Waals surface area contributed by atoms with Crippen molar-refractivity contribution in [1.82, 2.24) is 19.9 Å². The zero-order valence-electron chi connectivity index (χ0n) is 19.7. The normalized spacial score (nSPS) is 19.8. The highest BCUT2D eigenvalue weighted by atomic mass is 32.1. The van der Waals surface area contributed by atoms with Gasteiger partial charge in [0.05, 0.1) is 34.9 Å². The lowest BCUT2D eigenvalue weighted by molar-refractivity contribution is -0.141. The van der Waals surface area contributed by atoms with Crippen molar-refractivity contribution in [3.8, 4) is 10.4 Å². The standard InChI is InChI=1S/C24H24F5N5OS/c1-13-6-4-5-7-16(13)21-20(33-15(3)36-21)22(35)34-12-23(25,26)8-14(2)17(34)9-31-19-11-30-18(10-32-19)24(27,28)29/h4-7,10-11,14,17H,8-9,12H2,1-3H3,(H,31,32)/t14-,17-/m1/s1. The lowest BCUT2D eigenvalue weighted by Gasteiger charge is -2.43. The molecule has 1 N–H and O–H groups in total. The summed E-state index contributed by atoms with van der Waals surface area (Å²) < 4.78 is 67.5. The van der Waals surface area contributed by atoms with E-state index in [1.54, 1.807) is 13.8 Å². The zero-order chi connectivity index (χ0) is 26.3. The van der Waals surface area contributed by atoms with Gasteiger partial charge in [-0.05, 0) is 30.9 Å². The van der Waals surface area contributed by atoms with Crippen LogP contribution in [0, 0.1) is 19.8 Å². The fourth-order valence-electron chi connectivity index (χ4n) is 4.37. The number of halogens is 5. The predicted octanol–water partition coefficient (Wildman–Crippen LogP) is 5.83. The Bertz CT molecular complexity index is 1240. The molecule has 0 aliphatic carbocycles. The molecule has 1 saturated heterocycles. The lowest BCUT2D eigenvalue weighted by Crippen LogP contribution is -2.57. The fourth-order valence-corrected chi connectivity index (χ4v) is 5.37. The first-order valence-corrected chi connectivity index (χ1v) is 12.0. The molecule has 1 aromatic carbocycles. The van der Waals surface area contributed by atoms with Gasteiger partial charge in [0.2, 0.25) is 0 Å². The zero-order valence-corrected chi connectivity index (χ0v) is 20.6. The third kappa shape index (κ3) is 5.48. The van der Waals surface area contributed by atoms with Crippen molar-refractivity contribution < 1.29 is 26.7 Å². The number of nitrogens with one attached hydrogen (secondary N) is 1. The highest BCUT2D eigenvalue weighted by Crippen LogP contribution is 2.38. The van der Waals surface area contributed by atoms with Crippen molar-refractivity contribution in [2.45, 2.75) is 45.3 Å². The average Bonchev–Trinajstić information content (AvgIpc) is 3.18. The highest BCUT2D eigenvalue weighted by molar-refractivity contribution is 7.15. The number of anilines is 1. The number of carbonyl (C=O) groups is 1. The molecule has 0 spiro atoms. The first-order chi connectivity index (χ1) is 16.9. The summed E-state index contributed by atoms with van der Waals surface area (Å²) in [6.45, 7) is 4.48.